The van der Waals surface area contributed by atoms with Gasteiger partial charge in [-0.1, -0.05) is 28.1 Å². The summed E-state index contributed by atoms with van der Waals surface area (Å²) >= 11 is 3.36. The van der Waals surface area contributed by atoms with Crippen LogP contribution >= 0.6 is 15.9 Å². The molecule has 1 fully saturated rings. The van der Waals surface area contributed by atoms with Gasteiger partial charge in [0.2, 0.25) is 5.91 Å². The van der Waals surface area contributed by atoms with E-state index in [1.165, 1.54) is 4.90 Å². The van der Waals surface area contributed by atoms with Crippen molar-refractivity contribution >= 4 is 27.9 Å². The van der Waals surface area contributed by atoms with Gasteiger partial charge in [-0.2, -0.15) is 0 Å². The minimum absolute atomic E-state index is 0.102. The Bertz CT molecular complexity index is 598. The fraction of sp³-hybridized carbons (Fsp3) is 0.529. The van der Waals surface area contributed by atoms with Crippen LogP contribution in [0.4, 0.5) is 4.79 Å². The maximum atomic E-state index is 12.4. The number of rotatable bonds is 3. The molecule has 1 saturated heterocycles. The van der Waals surface area contributed by atoms with E-state index in [1.807, 2.05) is 24.3 Å². The highest BCUT2D eigenvalue weighted by Gasteiger charge is 2.40. The van der Waals surface area contributed by atoms with Crippen LogP contribution in [0.5, 0.6) is 0 Å². The molecule has 1 aromatic carbocycles. The van der Waals surface area contributed by atoms with Gasteiger partial charge in [-0.15, -0.1) is 0 Å². The zero-order valence-corrected chi connectivity index (χ0v) is 15.7. The Hall–Kier alpha value is -1.60. The number of carbonyl (C=O) groups is 2. The van der Waals surface area contributed by atoms with Crippen LogP contribution in [0.3, 0.4) is 0 Å². The molecule has 6 nitrogen and oxygen atoms in total. The molecule has 1 aliphatic heterocycles. The van der Waals surface area contributed by atoms with Crippen molar-refractivity contribution in [2.75, 3.05) is 6.54 Å². The number of β-amino-alcohol motifs (C(OH)–C–C–N with tert-alkyl or cyclic N) is 1. The van der Waals surface area contributed by atoms with Crippen LogP contribution in [0.25, 0.3) is 0 Å². The van der Waals surface area contributed by atoms with Gasteiger partial charge >= 0.3 is 6.09 Å². The van der Waals surface area contributed by atoms with Crippen molar-refractivity contribution in [2.45, 2.75) is 51.5 Å². The molecule has 1 aliphatic rings. The Morgan fingerprint density at radius 1 is 1.33 bits per heavy atom. The fourth-order valence-corrected chi connectivity index (χ4v) is 2.76. The van der Waals surface area contributed by atoms with Gasteiger partial charge in [-0.05, 0) is 38.5 Å². The van der Waals surface area contributed by atoms with E-state index >= 15 is 0 Å². The lowest BCUT2D eigenvalue weighted by atomic mass is 10.1. The van der Waals surface area contributed by atoms with E-state index in [2.05, 4.69) is 21.2 Å². The number of hydrogen-bond donors (Lipinski definition) is 2. The Labute approximate surface area is 150 Å². The van der Waals surface area contributed by atoms with Gasteiger partial charge in [-0.3, -0.25) is 9.69 Å². The topological polar surface area (TPSA) is 78.9 Å². The van der Waals surface area contributed by atoms with Crippen LogP contribution < -0.4 is 5.32 Å². The molecule has 2 amide bonds. The summed E-state index contributed by atoms with van der Waals surface area (Å²) in [5.74, 6) is -0.291. The minimum atomic E-state index is -0.721. The second-order valence-corrected chi connectivity index (χ2v) is 7.80. The smallest absolute Gasteiger partial charge is 0.411 e. The Morgan fingerprint density at radius 2 is 1.96 bits per heavy atom. The van der Waals surface area contributed by atoms with Gasteiger partial charge in [0.15, 0.2) is 0 Å². The first kappa shape index (κ1) is 18.7. The first-order chi connectivity index (χ1) is 11.2. The lowest BCUT2D eigenvalue weighted by Crippen LogP contribution is -2.47. The van der Waals surface area contributed by atoms with E-state index in [0.717, 1.165) is 10.0 Å². The van der Waals surface area contributed by atoms with Gasteiger partial charge in [0.1, 0.15) is 11.6 Å². The summed E-state index contributed by atoms with van der Waals surface area (Å²) in [7, 11) is 0. The largest absolute Gasteiger partial charge is 0.444 e. The number of nitrogens with zero attached hydrogens (tertiary/aromatic N) is 1. The van der Waals surface area contributed by atoms with E-state index in [4.69, 9.17) is 4.74 Å². The molecule has 1 heterocycles. The Kier molecular flexibility index (Phi) is 5.87. The second-order valence-electron chi connectivity index (χ2n) is 6.88. The SMILES string of the molecule is CC(C)(C)OC(=O)N1C[C@H](O)C[C@H]1C(=O)NCc1ccc(Br)cc1. The lowest BCUT2D eigenvalue weighted by Gasteiger charge is -2.27. The molecule has 24 heavy (non-hydrogen) atoms. The third kappa shape index (κ3) is 5.21. The number of halogens is 1. The van der Waals surface area contributed by atoms with Crippen molar-refractivity contribution in [3.63, 3.8) is 0 Å². The summed E-state index contributed by atoms with van der Waals surface area (Å²) in [4.78, 5) is 26.0. The quantitative estimate of drug-likeness (QED) is 0.819. The molecule has 132 valence electrons. The number of amides is 2. The summed E-state index contributed by atoms with van der Waals surface area (Å²) in [6, 6.07) is 6.88. The maximum Gasteiger partial charge on any atom is 0.411 e. The molecule has 2 N–H and O–H groups in total. The highest BCUT2D eigenvalue weighted by atomic mass is 79.9. The molecular formula is C17H23BrN2O4. The highest BCUT2D eigenvalue weighted by Crippen LogP contribution is 2.21. The average molecular weight is 399 g/mol. The van der Waals surface area contributed by atoms with E-state index < -0.39 is 23.8 Å². The molecule has 0 bridgehead atoms. The number of benzene rings is 1. The van der Waals surface area contributed by atoms with Crippen LogP contribution in [0.1, 0.15) is 32.8 Å². The molecular weight excluding hydrogens is 376 g/mol. The summed E-state index contributed by atoms with van der Waals surface area (Å²) in [6.07, 6.45) is -1.09. The van der Waals surface area contributed by atoms with Crippen LogP contribution in [0, 0.1) is 0 Å². The Balaban J connectivity index is 1.98. The van der Waals surface area contributed by atoms with E-state index in [9.17, 15) is 14.7 Å². The molecule has 0 aromatic heterocycles. The van der Waals surface area contributed by atoms with E-state index in [0.29, 0.717) is 6.54 Å². The van der Waals surface area contributed by atoms with Gasteiger partial charge < -0.3 is 15.2 Å². The third-order valence-corrected chi connectivity index (χ3v) is 4.12. The molecule has 1 aromatic rings. The van der Waals surface area contributed by atoms with Crippen molar-refractivity contribution in [1.29, 1.82) is 0 Å². The number of nitrogens with one attached hydrogen (secondary N) is 1. The number of carbonyl (C=O) groups excluding carboxylic acids is 2. The van der Waals surface area contributed by atoms with E-state index in [-0.39, 0.29) is 18.9 Å². The molecule has 0 saturated carbocycles. The van der Waals surface area contributed by atoms with Crippen molar-refractivity contribution < 1.29 is 19.4 Å². The standard InChI is InChI=1S/C17H23BrN2O4/c1-17(2,3)24-16(23)20-10-13(21)8-14(20)15(22)19-9-11-4-6-12(18)7-5-11/h4-7,13-14,21H,8-10H2,1-3H3,(H,19,22)/t13-,14+/m1/s1. The summed E-state index contributed by atoms with van der Waals surface area (Å²) < 4.78 is 6.28. The maximum absolute atomic E-state index is 12.4. The number of aliphatic hydroxyl groups is 1. The van der Waals surface area contributed by atoms with Crippen LogP contribution in [-0.4, -0.2) is 46.3 Å². The van der Waals surface area contributed by atoms with Gasteiger partial charge in [0.05, 0.1) is 12.6 Å². The van der Waals surface area contributed by atoms with Crippen molar-refractivity contribution in [2.24, 2.45) is 0 Å². The summed E-state index contributed by atoms with van der Waals surface area (Å²) in [5, 5.41) is 12.7. The lowest BCUT2D eigenvalue weighted by molar-refractivity contribution is -0.125. The molecule has 0 radical (unpaired) electrons. The average Bonchev–Trinajstić information content (AvgIpc) is 2.87. The fourth-order valence-electron chi connectivity index (χ4n) is 2.49. The molecule has 0 spiro atoms. The number of likely N-dealkylation sites (tertiary alicyclic amines) is 1. The number of hydrogen-bond acceptors (Lipinski definition) is 4. The van der Waals surface area contributed by atoms with Gasteiger partial charge in [0, 0.05) is 17.4 Å². The normalized spacial score (nSPS) is 20.8. The number of aliphatic hydroxyl groups excluding tert-OH is 1. The third-order valence-electron chi connectivity index (χ3n) is 3.59. The molecule has 0 aliphatic carbocycles. The van der Waals surface area contributed by atoms with Gasteiger partial charge in [0.25, 0.3) is 0 Å². The van der Waals surface area contributed by atoms with Crippen molar-refractivity contribution in [3.05, 3.63) is 34.3 Å². The van der Waals surface area contributed by atoms with Crippen LogP contribution in [0.15, 0.2) is 28.7 Å². The zero-order valence-electron chi connectivity index (χ0n) is 14.1. The first-order valence-electron chi connectivity index (χ1n) is 7.85. The minimum Gasteiger partial charge on any atom is -0.444 e. The monoisotopic (exact) mass is 398 g/mol. The molecule has 0 unspecified atom stereocenters. The van der Waals surface area contributed by atoms with E-state index in [1.54, 1.807) is 20.8 Å². The van der Waals surface area contributed by atoms with Gasteiger partial charge in [-0.25, -0.2) is 4.79 Å². The second kappa shape index (κ2) is 7.53. The van der Waals surface area contributed by atoms with Crippen molar-refractivity contribution in [3.8, 4) is 0 Å². The van der Waals surface area contributed by atoms with Crippen LogP contribution in [0.2, 0.25) is 0 Å². The zero-order chi connectivity index (χ0) is 17.9. The molecule has 2 atom stereocenters. The first-order valence-corrected chi connectivity index (χ1v) is 8.65. The Morgan fingerprint density at radius 3 is 2.54 bits per heavy atom. The van der Waals surface area contributed by atoms with Crippen LogP contribution in [-0.2, 0) is 16.1 Å². The predicted molar refractivity (Wildman–Crippen MR) is 93.3 cm³/mol. The molecule has 7 heteroatoms. The molecule has 2 rings (SSSR count). The van der Waals surface area contributed by atoms with Crippen molar-refractivity contribution in [1.82, 2.24) is 10.2 Å². The summed E-state index contributed by atoms with van der Waals surface area (Å²) in [5.41, 5.74) is 0.303. The predicted octanol–water partition coefficient (Wildman–Crippen LogP) is 2.44. The number of ether oxygens (including phenoxy) is 1. The highest BCUT2D eigenvalue weighted by molar-refractivity contribution is 9.10. The summed E-state index contributed by atoms with van der Waals surface area (Å²) in [6.45, 7) is 5.76.